The Bertz CT molecular complexity index is 246. The van der Waals surface area contributed by atoms with E-state index in [2.05, 4.69) is 30.8 Å². The second-order valence-corrected chi connectivity index (χ2v) is 5.06. The van der Waals surface area contributed by atoms with Gasteiger partial charge in [-0.05, 0) is 6.92 Å². The highest BCUT2D eigenvalue weighted by Crippen LogP contribution is 1.91. The first kappa shape index (κ1) is 10.2. The molecule has 0 bridgehead atoms. The van der Waals surface area contributed by atoms with Crippen LogP contribution >= 0.6 is 0 Å². The van der Waals surface area contributed by atoms with Crippen LogP contribution in [0.5, 0.6) is 0 Å². The van der Waals surface area contributed by atoms with Crippen molar-refractivity contribution in [1.82, 2.24) is 0 Å². The average molecular weight is 191 g/mol. The monoisotopic (exact) mass is 191 g/mol. The predicted molar refractivity (Wildman–Crippen MR) is 58.5 cm³/mol. The van der Waals surface area contributed by atoms with Crippen molar-refractivity contribution in [1.29, 1.82) is 0 Å². The summed E-state index contributed by atoms with van der Waals surface area (Å²) >= 11 is 0. The molecule has 1 nitrogen and oxygen atoms in total. The average Bonchev–Trinajstić information content (AvgIpc) is 2.21. The third-order valence-corrected chi connectivity index (χ3v) is 3.94. The number of hydrogen-bond donors (Lipinski definition) is 0. The molecule has 1 rings (SSSR count). The maximum atomic E-state index is 5.41. The second-order valence-electron chi connectivity index (χ2n) is 2.73. The van der Waals surface area contributed by atoms with Gasteiger partial charge in [-0.15, -0.1) is 6.58 Å². The quantitative estimate of drug-likeness (QED) is 0.644. The molecule has 2 heteroatoms. The molecule has 69 valence electrons. The molecule has 0 N–H and O–H groups in total. The van der Waals surface area contributed by atoms with E-state index in [1.54, 1.807) is 0 Å². The Morgan fingerprint density at radius 2 is 2.08 bits per heavy atom. The van der Waals surface area contributed by atoms with Gasteiger partial charge in [0.1, 0.15) is 8.80 Å². The molecule has 1 aromatic carbocycles. The topological polar surface area (TPSA) is 9.23 Å². The van der Waals surface area contributed by atoms with Gasteiger partial charge in [-0.2, -0.15) is 0 Å². The third kappa shape index (κ3) is 3.17. The SMILES string of the molecule is C=C[Si](COCC)c1ccccc1. The third-order valence-electron chi connectivity index (χ3n) is 1.85. The van der Waals surface area contributed by atoms with Gasteiger partial charge < -0.3 is 4.74 Å². The van der Waals surface area contributed by atoms with E-state index in [0.717, 1.165) is 12.8 Å². The Labute approximate surface area is 81.7 Å². The Balaban J connectivity index is 2.61. The minimum Gasteiger partial charge on any atom is -0.384 e. The summed E-state index contributed by atoms with van der Waals surface area (Å²) in [6.45, 7) is 6.66. The molecule has 1 aromatic rings. The maximum Gasteiger partial charge on any atom is 0.141 e. The standard InChI is InChI=1S/C11H15OSi/c1-3-12-10-13(4-2)11-8-6-5-7-9-11/h4-9H,2-3,10H2,1H3. The fourth-order valence-electron chi connectivity index (χ4n) is 1.12. The Kier molecular flexibility index (Phi) is 4.50. The summed E-state index contributed by atoms with van der Waals surface area (Å²) in [4.78, 5) is 0. The molecule has 0 heterocycles. The van der Waals surface area contributed by atoms with Crippen LogP contribution in [0.15, 0.2) is 42.6 Å². The van der Waals surface area contributed by atoms with Crippen molar-refractivity contribution in [3.8, 4) is 0 Å². The molecule has 0 aromatic heterocycles. The Morgan fingerprint density at radius 1 is 1.38 bits per heavy atom. The zero-order valence-electron chi connectivity index (χ0n) is 7.99. The first-order chi connectivity index (χ1) is 6.38. The van der Waals surface area contributed by atoms with Crippen LogP contribution in [-0.2, 0) is 4.74 Å². The van der Waals surface area contributed by atoms with E-state index in [9.17, 15) is 0 Å². The second kappa shape index (κ2) is 5.73. The summed E-state index contributed by atoms with van der Waals surface area (Å²) in [6, 6.07) is 10.5. The summed E-state index contributed by atoms with van der Waals surface area (Å²) in [5.74, 6) is 0. The van der Waals surface area contributed by atoms with Crippen LogP contribution < -0.4 is 5.19 Å². The summed E-state index contributed by atoms with van der Waals surface area (Å²) in [5, 5.41) is 1.37. The molecule has 13 heavy (non-hydrogen) atoms. The fraction of sp³-hybridized carbons (Fsp3) is 0.273. The summed E-state index contributed by atoms with van der Waals surface area (Å²) < 4.78 is 5.41. The van der Waals surface area contributed by atoms with Crippen LogP contribution in [0.3, 0.4) is 0 Å². The normalized spacial score (nSPS) is 10.3. The fourth-order valence-corrected chi connectivity index (χ4v) is 2.69. The van der Waals surface area contributed by atoms with Crippen molar-refractivity contribution < 1.29 is 4.74 Å². The van der Waals surface area contributed by atoms with Crippen LogP contribution in [0.1, 0.15) is 6.92 Å². The van der Waals surface area contributed by atoms with Crippen LogP contribution in [-0.4, -0.2) is 21.6 Å². The van der Waals surface area contributed by atoms with Gasteiger partial charge in [0.2, 0.25) is 0 Å². The lowest BCUT2D eigenvalue weighted by atomic mass is 10.4. The minimum absolute atomic E-state index is 0.683. The van der Waals surface area contributed by atoms with Gasteiger partial charge in [0.05, 0.1) is 0 Å². The number of rotatable bonds is 5. The van der Waals surface area contributed by atoms with Crippen LogP contribution in [0, 0.1) is 0 Å². The van der Waals surface area contributed by atoms with Gasteiger partial charge in [0.25, 0.3) is 0 Å². The van der Waals surface area contributed by atoms with Gasteiger partial charge in [-0.3, -0.25) is 0 Å². The molecule has 0 saturated carbocycles. The van der Waals surface area contributed by atoms with E-state index in [1.807, 2.05) is 18.7 Å². The van der Waals surface area contributed by atoms with Crippen LogP contribution in [0.25, 0.3) is 0 Å². The van der Waals surface area contributed by atoms with E-state index in [1.165, 1.54) is 5.19 Å². The Morgan fingerprint density at radius 3 is 2.62 bits per heavy atom. The number of benzene rings is 1. The molecule has 0 amide bonds. The van der Waals surface area contributed by atoms with E-state index in [0.29, 0.717) is 0 Å². The molecule has 0 aliphatic rings. The van der Waals surface area contributed by atoms with E-state index < -0.39 is 8.80 Å². The molecule has 0 atom stereocenters. The minimum atomic E-state index is -0.683. The molecule has 0 fully saturated rings. The lowest BCUT2D eigenvalue weighted by Gasteiger charge is -2.09. The van der Waals surface area contributed by atoms with Crippen molar-refractivity contribution in [3.63, 3.8) is 0 Å². The van der Waals surface area contributed by atoms with Crippen molar-refractivity contribution in [2.75, 3.05) is 12.8 Å². The molecule has 0 spiro atoms. The van der Waals surface area contributed by atoms with Gasteiger partial charge in [-0.25, -0.2) is 0 Å². The highest BCUT2D eigenvalue weighted by Gasteiger charge is 2.08. The van der Waals surface area contributed by atoms with Gasteiger partial charge in [0.15, 0.2) is 0 Å². The maximum absolute atomic E-state index is 5.41. The first-order valence-corrected chi connectivity index (χ1v) is 6.28. The first-order valence-electron chi connectivity index (χ1n) is 4.50. The van der Waals surface area contributed by atoms with E-state index in [-0.39, 0.29) is 0 Å². The summed E-state index contributed by atoms with van der Waals surface area (Å²) in [7, 11) is -0.683. The van der Waals surface area contributed by atoms with Crippen molar-refractivity contribution in [2.45, 2.75) is 6.92 Å². The van der Waals surface area contributed by atoms with E-state index in [4.69, 9.17) is 4.74 Å². The van der Waals surface area contributed by atoms with Crippen LogP contribution in [0.2, 0.25) is 0 Å². The zero-order valence-corrected chi connectivity index (χ0v) is 8.99. The van der Waals surface area contributed by atoms with Crippen molar-refractivity contribution in [2.24, 2.45) is 0 Å². The molecule has 0 aliphatic carbocycles. The lowest BCUT2D eigenvalue weighted by Crippen LogP contribution is -2.33. The summed E-state index contributed by atoms with van der Waals surface area (Å²) in [6.07, 6.45) is 0.828. The zero-order chi connectivity index (χ0) is 9.52. The summed E-state index contributed by atoms with van der Waals surface area (Å²) in [5.41, 5.74) is 2.04. The molecule has 0 unspecified atom stereocenters. The van der Waals surface area contributed by atoms with Crippen molar-refractivity contribution in [3.05, 3.63) is 42.6 Å². The molecular weight excluding hydrogens is 176 g/mol. The van der Waals surface area contributed by atoms with Gasteiger partial charge >= 0.3 is 0 Å². The highest BCUT2D eigenvalue weighted by atomic mass is 28.3. The molecular formula is C11H15OSi. The van der Waals surface area contributed by atoms with Crippen molar-refractivity contribution >= 4 is 14.0 Å². The molecule has 0 aliphatic heterocycles. The van der Waals surface area contributed by atoms with E-state index >= 15 is 0 Å². The molecule has 1 radical (unpaired) electrons. The van der Waals surface area contributed by atoms with Crippen LogP contribution in [0.4, 0.5) is 0 Å². The lowest BCUT2D eigenvalue weighted by molar-refractivity contribution is 0.192. The van der Waals surface area contributed by atoms with Gasteiger partial charge in [0, 0.05) is 12.8 Å². The van der Waals surface area contributed by atoms with Gasteiger partial charge in [-0.1, -0.05) is 41.2 Å². The largest absolute Gasteiger partial charge is 0.384 e. The Hall–Kier alpha value is -0.863. The number of ether oxygens (including phenoxy) is 1. The predicted octanol–water partition coefficient (Wildman–Crippen LogP) is 1.69. The highest BCUT2D eigenvalue weighted by molar-refractivity contribution is 6.77. The smallest absolute Gasteiger partial charge is 0.141 e. The number of hydrogen-bond acceptors (Lipinski definition) is 1. The molecule has 0 saturated heterocycles.